The predicted octanol–water partition coefficient (Wildman–Crippen LogP) is -3.90. The van der Waals surface area contributed by atoms with E-state index in [2.05, 4.69) is 6.58 Å². The Morgan fingerprint density at radius 2 is 2.15 bits per heavy atom. The van der Waals surface area contributed by atoms with Crippen molar-refractivity contribution in [3.8, 4) is 0 Å². The molecule has 0 aromatic rings. The Morgan fingerprint density at radius 1 is 1.62 bits per heavy atom. The third kappa shape index (κ3) is 12.2. The van der Waals surface area contributed by atoms with Gasteiger partial charge in [0.25, 0.3) is 0 Å². The maximum atomic E-state index is 10.1. The first-order valence-electron chi connectivity index (χ1n) is 3.26. The van der Waals surface area contributed by atoms with E-state index in [1.807, 2.05) is 0 Å². The van der Waals surface area contributed by atoms with Gasteiger partial charge >= 0.3 is 18.9 Å². The van der Waals surface area contributed by atoms with Crippen LogP contribution in [0.5, 0.6) is 0 Å². The summed E-state index contributed by atoms with van der Waals surface area (Å²) in [4.78, 5) is 0. The molecule has 0 amide bonds. The molecule has 5 nitrogen and oxygen atoms in total. The summed E-state index contributed by atoms with van der Waals surface area (Å²) in [6, 6.07) is 0. The molecule has 0 aliphatic rings. The van der Waals surface area contributed by atoms with Crippen LogP contribution in [0.15, 0.2) is 12.7 Å². The fourth-order valence-electron chi connectivity index (χ4n) is 0.571. The van der Waals surface area contributed by atoms with E-state index in [0.717, 1.165) is 0 Å². The molecule has 0 fully saturated rings. The second kappa shape index (κ2) is 7.56. The van der Waals surface area contributed by atoms with Crippen LogP contribution in [0.3, 0.4) is 0 Å². The zero-order chi connectivity index (χ0) is 9.61. The van der Waals surface area contributed by atoms with Gasteiger partial charge in [0.2, 0.25) is 0 Å². The number of hydrogen-bond donors (Lipinski definition) is 1. The molecule has 0 saturated heterocycles. The van der Waals surface area contributed by atoms with Crippen LogP contribution in [0, 0.1) is 0 Å². The Hall–Kier alpha value is 0.167. The van der Waals surface area contributed by atoms with E-state index in [0.29, 0.717) is 0 Å². The molecule has 0 heterocycles. The van der Waals surface area contributed by atoms with Gasteiger partial charge in [-0.3, -0.25) is 0 Å². The summed E-state index contributed by atoms with van der Waals surface area (Å²) in [5.41, 5.74) is 0. The third-order valence-electron chi connectivity index (χ3n) is 0.942. The molecule has 1 N–H and O–H groups in total. The average molecular weight is 202 g/mol. The molecule has 0 rings (SSSR count). The molecule has 13 heavy (non-hydrogen) atoms. The topological polar surface area (TPSA) is 86.7 Å². The number of aliphatic hydroxyl groups excluding tert-OH is 1. The van der Waals surface area contributed by atoms with Gasteiger partial charge in [-0.2, -0.15) is 0 Å². The number of rotatable bonds is 6. The zero-order valence-corrected chi connectivity index (χ0v) is 8.29. The summed E-state index contributed by atoms with van der Waals surface area (Å²) in [6.45, 7) is 3.39. The molecule has 0 bridgehead atoms. The summed E-state index contributed by atoms with van der Waals surface area (Å²) >= 11 is 0. The van der Waals surface area contributed by atoms with Gasteiger partial charge in [0, 0.05) is 0 Å². The molecule has 7 heteroatoms. The fourth-order valence-corrected chi connectivity index (χ4v) is 1.14. The predicted molar refractivity (Wildman–Crippen MR) is 41.6 cm³/mol. The van der Waals surface area contributed by atoms with E-state index in [1.165, 1.54) is 6.08 Å². The Morgan fingerprint density at radius 3 is 2.54 bits per heavy atom. The van der Waals surface area contributed by atoms with E-state index >= 15 is 0 Å². The van der Waals surface area contributed by atoms with Crippen LogP contribution in [0.2, 0.25) is 0 Å². The minimum Gasteiger partial charge on any atom is -0.748 e. The van der Waals surface area contributed by atoms with Gasteiger partial charge < -0.3 is 14.4 Å². The van der Waals surface area contributed by atoms with Crippen LogP contribution in [0.4, 0.5) is 0 Å². The number of hydrogen-bond acceptors (Lipinski definition) is 5. The maximum absolute atomic E-state index is 10.1. The molecule has 0 saturated carbocycles. The second-order valence-electron chi connectivity index (χ2n) is 2.20. The molecular formula is C6H11LiO5S. The van der Waals surface area contributed by atoms with Crippen molar-refractivity contribution >= 4 is 10.1 Å². The van der Waals surface area contributed by atoms with Gasteiger partial charge in [-0.25, -0.2) is 8.42 Å². The van der Waals surface area contributed by atoms with Crippen molar-refractivity contribution in [3.05, 3.63) is 12.7 Å². The average Bonchev–Trinajstić information content (AvgIpc) is 1.84. The molecule has 0 aliphatic carbocycles. The normalized spacial score (nSPS) is 13.1. The van der Waals surface area contributed by atoms with Gasteiger partial charge in [-0.05, 0) is 0 Å². The summed E-state index contributed by atoms with van der Waals surface area (Å²) < 4.78 is 35.0. The maximum Gasteiger partial charge on any atom is 1.00 e. The van der Waals surface area contributed by atoms with Crippen molar-refractivity contribution in [2.75, 3.05) is 19.0 Å². The Balaban J connectivity index is 0. The van der Waals surface area contributed by atoms with Crippen molar-refractivity contribution < 1.29 is 41.7 Å². The van der Waals surface area contributed by atoms with E-state index in [1.54, 1.807) is 0 Å². The van der Waals surface area contributed by atoms with E-state index in [-0.39, 0.29) is 32.1 Å². The first kappa shape index (κ1) is 15.6. The standard InChI is InChI=1S/C6H12O5S.Li/c1-2-3-11-4-6(7)5-12(8,9)10;/h2,6-7H,1,3-5H2,(H,8,9,10);/q;+1/p-1. The Labute approximate surface area is 89.7 Å². The molecule has 1 unspecified atom stereocenters. The minimum atomic E-state index is -4.37. The van der Waals surface area contributed by atoms with Crippen LogP contribution < -0.4 is 18.9 Å². The smallest absolute Gasteiger partial charge is 0.748 e. The summed E-state index contributed by atoms with van der Waals surface area (Å²) in [7, 11) is -4.37. The molecule has 0 aromatic carbocycles. The Bertz CT molecular complexity index is 225. The van der Waals surface area contributed by atoms with Crippen molar-refractivity contribution in [1.29, 1.82) is 0 Å². The van der Waals surface area contributed by atoms with Crippen LogP contribution in [-0.4, -0.2) is 43.1 Å². The van der Waals surface area contributed by atoms with Gasteiger partial charge in [-0.1, -0.05) is 6.08 Å². The third-order valence-corrected chi connectivity index (χ3v) is 1.74. The van der Waals surface area contributed by atoms with E-state index in [9.17, 15) is 13.0 Å². The SMILES string of the molecule is C=CCOCC(O)CS(=O)(=O)[O-].[Li+]. The molecule has 0 aliphatic heterocycles. The van der Waals surface area contributed by atoms with Gasteiger partial charge in [0.1, 0.15) is 0 Å². The number of aliphatic hydroxyl groups is 1. The molecule has 72 valence electrons. The summed E-state index contributed by atoms with van der Waals surface area (Å²) in [6.07, 6.45) is 0.200. The van der Waals surface area contributed by atoms with E-state index < -0.39 is 22.0 Å². The Kier molecular flexibility index (Phi) is 9.09. The summed E-state index contributed by atoms with van der Waals surface area (Å²) in [5.74, 6) is -0.815. The van der Waals surface area contributed by atoms with Crippen LogP contribution in [-0.2, 0) is 14.9 Å². The zero-order valence-electron chi connectivity index (χ0n) is 7.47. The molecular weight excluding hydrogens is 191 g/mol. The number of ether oxygens (including phenoxy) is 1. The van der Waals surface area contributed by atoms with E-state index in [4.69, 9.17) is 9.84 Å². The van der Waals surface area contributed by atoms with Gasteiger partial charge in [-0.15, -0.1) is 6.58 Å². The molecule has 1 atom stereocenters. The monoisotopic (exact) mass is 202 g/mol. The van der Waals surface area contributed by atoms with Crippen molar-refractivity contribution in [2.45, 2.75) is 6.10 Å². The molecule has 0 spiro atoms. The minimum absolute atomic E-state index is 0. The first-order valence-corrected chi connectivity index (χ1v) is 4.83. The van der Waals surface area contributed by atoms with Crippen molar-refractivity contribution in [2.24, 2.45) is 0 Å². The molecule has 0 aromatic heterocycles. The second-order valence-corrected chi connectivity index (χ2v) is 3.65. The van der Waals surface area contributed by atoms with Crippen molar-refractivity contribution in [1.82, 2.24) is 0 Å². The van der Waals surface area contributed by atoms with Crippen LogP contribution >= 0.6 is 0 Å². The molecule has 0 radical (unpaired) electrons. The van der Waals surface area contributed by atoms with Gasteiger partial charge in [0.05, 0.1) is 35.2 Å². The van der Waals surface area contributed by atoms with Crippen molar-refractivity contribution in [3.63, 3.8) is 0 Å². The first-order chi connectivity index (χ1) is 5.45. The fraction of sp³-hybridized carbons (Fsp3) is 0.667. The van der Waals surface area contributed by atoms with Crippen LogP contribution in [0.25, 0.3) is 0 Å². The largest absolute Gasteiger partial charge is 1.00 e. The summed E-state index contributed by atoms with van der Waals surface area (Å²) in [5, 5.41) is 8.87. The van der Waals surface area contributed by atoms with Crippen LogP contribution in [0.1, 0.15) is 0 Å². The quantitative estimate of drug-likeness (QED) is 0.206. The van der Waals surface area contributed by atoms with Gasteiger partial charge in [0.15, 0.2) is 0 Å².